The van der Waals surface area contributed by atoms with Crippen LogP contribution in [0.1, 0.15) is 12.0 Å². The number of aryl methyl sites for hydroxylation is 1. The number of rotatable bonds is 5. The van der Waals surface area contributed by atoms with E-state index in [4.69, 9.17) is 9.47 Å². The minimum atomic E-state index is 0.269. The quantitative estimate of drug-likeness (QED) is 0.403. The number of amidine groups is 1. The average Bonchev–Trinajstić information content (AvgIpc) is 3.68. The van der Waals surface area contributed by atoms with Gasteiger partial charge in [-0.15, -0.1) is 0 Å². The molecular formula is C28H23N5O2. The van der Waals surface area contributed by atoms with Gasteiger partial charge >= 0.3 is 0 Å². The van der Waals surface area contributed by atoms with Gasteiger partial charge in [0.25, 0.3) is 0 Å². The van der Waals surface area contributed by atoms with Crippen LogP contribution in [0.5, 0.6) is 11.5 Å². The highest BCUT2D eigenvalue weighted by Crippen LogP contribution is 2.37. The highest BCUT2D eigenvalue weighted by molar-refractivity contribution is 6.04. The van der Waals surface area contributed by atoms with Crippen LogP contribution in [-0.2, 0) is 6.42 Å². The number of ether oxygens (including phenoxy) is 2. The monoisotopic (exact) mass is 461 g/mol. The van der Waals surface area contributed by atoms with Crippen LogP contribution in [0.25, 0.3) is 38.8 Å². The van der Waals surface area contributed by atoms with E-state index in [1.165, 1.54) is 5.56 Å². The molecule has 0 saturated carbocycles. The summed E-state index contributed by atoms with van der Waals surface area (Å²) in [6, 6.07) is 21.1. The van der Waals surface area contributed by atoms with Gasteiger partial charge in [0.15, 0.2) is 11.5 Å². The lowest BCUT2D eigenvalue weighted by Crippen LogP contribution is -2.18. The van der Waals surface area contributed by atoms with Gasteiger partial charge in [-0.3, -0.25) is 14.5 Å². The molecule has 2 aromatic heterocycles. The normalized spacial score (nSPS) is 14.5. The Morgan fingerprint density at radius 1 is 0.829 bits per heavy atom. The number of imidazole rings is 1. The van der Waals surface area contributed by atoms with E-state index in [1.807, 2.05) is 24.7 Å². The van der Waals surface area contributed by atoms with E-state index in [2.05, 4.69) is 73.4 Å². The number of aromatic nitrogens is 3. The first-order valence-corrected chi connectivity index (χ1v) is 11.8. The van der Waals surface area contributed by atoms with Crippen molar-refractivity contribution >= 4 is 27.8 Å². The molecule has 0 atom stereocenters. The molecule has 4 heterocycles. The number of fused-ring (bicyclic) bond motifs is 4. The second-order valence-electron chi connectivity index (χ2n) is 8.83. The zero-order chi connectivity index (χ0) is 23.2. The molecule has 0 spiro atoms. The number of hydrogen-bond acceptors (Lipinski definition) is 6. The smallest absolute Gasteiger partial charge is 0.231 e. The zero-order valence-corrected chi connectivity index (χ0v) is 19.1. The van der Waals surface area contributed by atoms with E-state index in [0.717, 1.165) is 82.0 Å². The molecule has 0 saturated heterocycles. The number of benzene rings is 3. The summed E-state index contributed by atoms with van der Waals surface area (Å²) in [7, 11) is 0. The standard InChI is InChI=1S/C28H23N5O2/c1-6-21(7-2-18(1)3-10-27-29-11-12-30-27)33-16-32-24-15-31-23-8-4-19(13-22(23)28(24)33)20-5-9-25-26(14-20)35-17-34-25/h1-2,4-9,13-16H,3,10-12,17H2,(H,29,30). The Balaban J connectivity index is 1.26. The summed E-state index contributed by atoms with van der Waals surface area (Å²) in [6.45, 7) is 2.12. The molecule has 1 N–H and O–H groups in total. The molecule has 2 aliphatic heterocycles. The molecule has 7 rings (SSSR count). The third-order valence-corrected chi connectivity index (χ3v) is 6.69. The van der Waals surface area contributed by atoms with Crippen molar-refractivity contribution in [2.75, 3.05) is 19.9 Å². The first-order chi connectivity index (χ1) is 17.3. The van der Waals surface area contributed by atoms with Crippen molar-refractivity contribution in [1.29, 1.82) is 0 Å². The van der Waals surface area contributed by atoms with Crippen molar-refractivity contribution < 1.29 is 9.47 Å². The molecule has 35 heavy (non-hydrogen) atoms. The topological polar surface area (TPSA) is 73.6 Å². The predicted molar refractivity (Wildman–Crippen MR) is 137 cm³/mol. The van der Waals surface area contributed by atoms with Crippen LogP contribution in [0.15, 0.2) is 78.2 Å². The van der Waals surface area contributed by atoms with Gasteiger partial charge in [-0.2, -0.15) is 0 Å². The molecule has 0 amide bonds. The van der Waals surface area contributed by atoms with Crippen molar-refractivity contribution in [3.05, 3.63) is 78.8 Å². The van der Waals surface area contributed by atoms with Gasteiger partial charge in [0.05, 0.1) is 29.6 Å². The lowest BCUT2D eigenvalue weighted by Gasteiger charge is -2.10. The van der Waals surface area contributed by atoms with Gasteiger partial charge in [0.2, 0.25) is 6.79 Å². The molecule has 0 radical (unpaired) electrons. The molecule has 3 aromatic carbocycles. The van der Waals surface area contributed by atoms with Gasteiger partial charge in [-0.1, -0.05) is 24.3 Å². The van der Waals surface area contributed by atoms with Gasteiger partial charge in [0.1, 0.15) is 11.8 Å². The van der Waals surface area contributed by atoms with Crippen LogP contribution in [0.4, 0.5) is 0 Å². The molecule has 5 aromatic rings. The fraction of sp³-hybridized carbons (Fsp3) is 0.179. The minimum absolute atomic E-state index is 0.269. The summed E-state index contributed by atoms with van der Waals surface area (Å²) in [5.41, 5.74) is 7.40. The highest BCUT2D eigenvalue weighted by Gasteiger charge is 2.16. The summed E-state index contributed by atoms with van der Waals surface area (Å²) in [6.07, 6.45) is 5.65. The number of nitrogens with one attached hydrogen (secondary N) is 1. The minimum Gasteiger partial charge on any atom is -0.454 e. The maximum absolute atomic E-state index is 5.58. The zero-order valence-electron chi connectivity index (χ0n) is 19.1. The first-order valence-electron chi connectivity index (χ1n) is 11.8. The Morgan fingerprint density at radius 2 is 1.69 bits per heavy atom. The largest absolute Gasteiger partial charge is 0.454 e. The molecule has 2 aliphatic rings. The van der Waals surface area contributed by atoms with Crippen molar-refractivity contribution in [2.24, 2.45) is 4.99 Å². The number of nitrogens with zero attached hydrogens (tertiary/aromatic N) is 4. The highest BCUT2D eigenvalue weighted by atomic mass is 16.7. The molecule has 0 fully saturated rings. The van der Waals surface area contributed by atoms with Gasteiger partial charge in [0, 0.05) is 24.0 Å². The van der Waals surface area contributed by atoms with Gasteiger partial charge in [-0.25, -0.2) is 4.98 Å². The molecule has 0 aliphatic carbocycles. The Kier molecular flexibility index (Phi) is 4.65. The molecular weight excluding hydrogens is 438 g/mol. The fourth-order valence-electron chi connectivity index (χ4n) is 4.85. The van der Waals surface area contributed by atoms with Crippen LogP contribution in [0, 0.1) is 0 Å². The lowest BCUT2D eigenvalue weighted by atomic mass is 10.0. The summed E-state index contributed by atoms with van der Waals surface area (Å²) in [5.74, 6) is 2.68. The lowest BCUT2D eigenvalue weighted by molar-refractivity contribution is 0.174. The summed E-state index contributed by atoms with van der Waals surface area (Å²) in [5, 5.41) is 4.40. The Hall–Kier alpha value is -4.39. The van der Waals surface area contributed by atoms with Crippen LogP contribution < -0.4 is 14.8 Å². The van der Waals surface area contributed by atoms with E-state index in [-0.39, 0.29) is 6.79 Å². The summed E-state index contributed by atoms with van der Waals surface area (Å²) in [4.78, 5) is 13.8. The second-order valence-corrected chi connectivity index (χ2v) is 8.83. The third kappa shape index (κ3) is 3.56. The maximum atomic E-state index is 5.58. The van der Waals surface area contributed by atoms with E-state index >= 15 is 0 Å². The number of pyridine rings is 1. The molecule has 7 nitrogen and oxygen atoms in total. The van der Waals surface area contributed by atoms with E-state index in [1.54, 1.807) is 0 Å². The third-order valence-electron chi connectivity index (χ3n) is 6.69. The van der Waals surface area contributed by atoms with Crippen molar-refractivity contribution in [1.82, 2.24) is 19.9 Å². The molecule has 172 valence electrons. The Morgan fingerprint density at radius 3 is 2.57 bits per heavy atom. The number of aliphatic imine (C=N–C) groups is 1. The predicted octanol–water partition coefficient (Wildman–Crippen LogP) is 4.90. The van der Waals surface area contributed by atoms with Crippen molar-refractivity contribution in [3.63, 3.8) is 0 Å². The van der Waals surface area contributed by atoms with Crippen LogP contribution in [-0.4, -0.2) is 40.3 Å². The maximum Gasteiger partial charge on any atom is 0.231 e. The average molecular weight is 462 g/mol. The van der Waals surface area contributed by atoms with Crippen molar-refractivity contribution in [2.45, 2.75) is 12.8 Å². The number of hydrogen-bond donors (Lipinski definition) is 1. The Labute approximate surface area is 202 Å². The Bertz CT molecular complexity index is 1600. The van der Waals surface area contributed by atoms with E-state index in [9.17, 15) is 0 Å². The van der Waals surface area contributed by atoms with Gasteiger partial charge < -0.3 is 14.8 Å². The van der Waals surface area contributed by atoms with Crippen molar-refractivity contribution in [3.8, 4) is 28.3 Å². The first kappa shape index (κ1) is 20.0. The van der Waals surface area contributed by atoms with Crippen LogP contribution in [0.3, 0.4) is 0 Å². The fourth-order valence-corrected chi connectivity index (χ4v) is 4.85. The molecule has 0 unspecified atom stereocenters. The van der Waals surface area contributed by atoms with E-state index < -0.39 is 0 Å². The van der Waals surface area contributed by atoms with Gasteiger partial charge in [-0.05, 0) is 59.5 Å². The molecule has 7 heteroatoms. The summed E-state index contributed by atoms with van der Waals surface area (Å²) >= 11 is 0. The summed E-state index contributed by atoms with van der Waals surface area (Å²) < 4.78 is 13.2. The van der Waals surface area contributed by atoms with E-state index in [0.29, 0.717) is 0 Å². The SMILES string of the molecule is c1cc(-n2cnc3cnc4ccc(-c5ccc6c(c5)OCO6)cc4c32)ccc1CCC1=NCCN1. The van der Waals surface area contributed by atoms with Crippen LogP contribution >= 0.6 is 0 Å². The molecule has 0 bridgehead atoms. The second kappa shape index (κ2) is 8.13. The van der Waals surface area contributed by atoms with Crippen LogP contribution in [0.2, 0.25) is 0 Å².